The van der Waals surface area contributed by atoms with Gasteiger partial charge in [-0.3, -0.25) is 9.59 Å². The van der Waals surface area contributed by atoms with E-state index >= 15 is 0 Å². The van der Waals surface area contributed by atoms with Crippen molar-refractivity contribution >= 4 is 46.7 Å². The summed E-state index contributed by atoms with van der Waals surface area (Å²) >= 11 is 11.7. The molecular weight excluding hydrogens is 551 g/mol. The lowest BCUT2D eigenvalue weighted by Crippen LogP contribution is -2.27. The molecule has 2 aromatic rings. The molecule has 10 nitrogen and oxygen atoms in total. The maximum atomic E-state index is 11.5. The van der Waals surface area contributed by atoms with E-state index in [9.17, 15) is 9.59 Å². The van der Waals surface area contributed by atoms with Crippen LogP contribution in [0, 0.1) is 0 Å². The number of hydrogen-bond donors (Lipinski definition) is 2. The first-order chi connectivity index (χ1) is 19.2. The molecule has 40 heavy (non-hydrogen) atoms. The Labute approximate surface area is 247 Å². The zero-order chi connectivity index (χ0) is 29.1. The number of amides is 2. The molecule has 220 valence electrons. The molecular formula is C28H42Cl2N8O2. The Morgan fingerprint density at radius 2 is 1.15 bits per heavy atom. The van der Waals surface area contributed by atoms with Gasteiger partial charge in [0.1, 0.15) is 11.6 Å². The number of hydrogen-bond acceptors (Lipinski definition) is 8. The van der Waals surface area contributed by atoms with E-state index in [0.717, 1.165) is 87.7 Å². The van der Waals surface area contributed by atoms with Crippen molar-refractivity contribution in [3.8, 4) is 0 Å². The van der Waals surface area contributed by atoms with Gasteiger partial charge in [-0.05, 0) is 60.7 Å². The predicted molar refractivity (Wildman–Crippen MR) is 160 cm³/mol. The molecule has 0 bridgehead atoms. The highest BCUT2D eigenvalue weighted by Gasteiger charge is 2.20. The molecule has 2 fully saturated rings. The fourth-order valence-electron chi connectivity index (χ4n) is 4.70. The molecule has 4 rings (SSSR count). The molecule has 4 heterocycles. The summed E-state index contributed by atoms with van der Waals surface area (Å²) in [5, 5.41) is 7.11. The van der Waals surface area contributed by atoms with Crippen LogP contribution in [0.15, 0.2) is 12.4 Å². The zero-order valence-corrected chi connectivity index (χ0v) is 25.6. The molecule has 2 amide bonds. The summed E-state index contributed by atoms with van der Waals surface area (Å²) in [5.41, 5.74) is 2.12. The number of anilines is 2. The first kappa shape index (κ1) is 31.8. The number of rotatable bonds is 12. The Hall–Kier alpha value is -2.72. The van der Waals surface area contributed by atoms with Gasteiger partial charge in [0.25, 0.3) is 0 Å². The quantitative estimate of drug-likeness (QED) is 0.250. The van der Waals surface area contributed by atoms with E-state index in [1.54, 1.807) is 12.4 Å². The Bertz CT molecular complexity index is 1040. The minimum Gasteiger partial charge on any atom is -0.370 e. The number of nitrogens with zero attached hydrogens (tertiary/aromatic N) is 6. The average Bonchev–Trinajstić information content (AvgIpc) is 3.51. The van der Waals surface area contributed by atoms with Crippen LogP contribution in [-0.4, -0.2) is 80.8 Å². The first-order valence-corrected chi connectivity index (χ1v) is 15.0. The second-order valence-electron chi connectivity index (χ2n) is 10.7. The van der Waals surface area contributed by atoms with Gasteiger partial charge in [-0.2, -0.15) is 0 Å². The maximum Gasteiger partial charge on any atom is 0.224 e. The standard InChI is InChI=1S/2C14H21ClN4O/c2*1-10(2)11-9-17-14(15)18-13(11)16-6-4-8-19-7-3-5-12(19)20/h2*9-10H,3-8H2,1-2H3,(H,16,17,18). The van der Waals surface area contributed by atoms with Gasteiger partial charge in [0, 0.05) is 75.6 Å². The smallest absolute Gasteiger partial charge is 0.224 e. The first-order valence-electron chi connectivity index (χ1n) is 14.2. The van der Waals surface area contributed by atoms with Crippen LogP contribution in [0.1, 0.15) is 89.2 Å². The lowest BCUT2D eigenvalue weighted by molar-refractivity contribution is -0.128. The van der Waals surface area contributed by atoms with Crippen molar-refractivity contribution in [3.63, 3.8) is 0 Å². The van der Waals surface area contributed by atoms with E-state index in [4.69, 9.17) is 23.2 Å². The highest BCUT2D eigenvalue weighted by Crippen LogP contribution is 2.23. The highest BCUT2D eigenvalue weighted by atomic mass is 35.5. The monoisotopic (exact) mass is 592 g/mol. The molecule has 0 saturated carbocycles. The van der Waals surface area contributed by atoms with Crippen LogP contribution in [0.4, 0.5) is 11.6 Å². The van der Waals surface area contributed by atoms with E-state index in [1.165, 1.54) is 0 Å². The Balaban J connectivity index is 0.000000220. The summed E-state index contributed by atoms with van der Waals surface area (Å²) in [4.78, 5) is 43.4. The van der Waals surface area contributed by atoms with Crippen molar-refractivity contribution < 1.29 is 9.59 Å². The summed E-state index contributed by atoms with van der Waals surface area (Å²) in [5.74, 6) is 2.83. The molecule has 12 heteroatoms. The van der Waals surface area contributed by atoms with Crippen LogP contribution in [0.3, 0.4) is 0 Å². The second-order valence-corrected chi connectivity index (χ2v) is 11.4. The minimum absolute atomic E-state index is 0.256. The number of likely N-dealkylation sites (tertiary alicyclic amines) is 2. The number of carbonyl (C=O) groups excluding carboxylic acids is 2. The normalized spacial score (nSPS) is 15.2. The number of carbonyl (C=O) groups is 2. The molecule has 0 aromatic carbocycles. The average molecular weight is 594 g/mol. The van der Waals surface area contributed by atoms with Gasteiger partial charge in [0.2, 0.25) is 22.4 Å². The topological polar surface area (TPSA) is 116 Å². The molecule has 2 aromatic heterocycles. The van der Waals surface area contributed by atoms with Crippen LogP contribution in [0.25, 0.3) is 0 Å². The van der Waals surface area contributed by atoms with Gasteiger partial charge in [-0.1, -0.05) is 27.7 Å². The van der Waals surface area contributed by atoms with Crippen LogP contribution in [0.5, 0.6) is 0 Å². The summed E-state index contributed by atoms with van der Waals surface area (Å²) in [6.45, 7) is 13.4. The van der Waals surface area contributed by atoms with Crippen molar-refractivity contribution in [2.45, 2.75) is 78.1 Å². The zero-order valence-electron chi connectivity index (χ0n) is 24.1. The van der Waals surface area contributed by atoms with Crippen molar-refractivity contribution in [1.82, 2.24) is 29.7 Å². The summed E-state index contributed by atoms with van der Waals surface area (Å²) in [6.07, 6.45) is 8.74. The maximum absolute atomic E-state index is 11.5. The highest BCUT2D eigenvalue weighted by molar-refractivity contribution is 6.28. The minimum atomic E-state index is 0.256. The molecule has 0 spiro atoms. The van der Waals surface area contributed by atoms with Crippen molar-refractivity contribution in [1.29, 1.82) is 0 Å². The van der Waals surface area contributed by atoms with Gasteiger partial charge in [-0.25, -0.2) is 19.9 Å². The van der Waals surface area contributed by atoms with E-state index in [0.29, 0.717) is 24.7 Å². The molecule has 0 unspecified atom stereocenters. The summed E-state index contributed by atoms with van der Waals surface area (Å²) in [6, 6.07) is 0. The van der Waals surface area contributed by atoms with Gasteiger partial charge < -0.3 is 20.4 Å². The third kappa shape index (κ3) is 9.73. The summed E-state index contributed by atoms with van der Waals surface area (Å²) in [7, 11) is 0. The Morgan fingerprint density at radius 1 is 0.750 bits per heavy atom. The fraction of sp³-hybridized carbons (Fsp3) is 0.643. The van der Waals surface area contributed by atoms with Gasteiger partial charge in [0.15, 0.2) is 0 Å². The van der Waals surface area contributed by atoms with Crippen molar-refractivity contribution in [3.05, 3.63) is 34.1 Å². The molecule has 0 aliphatic carbocycles. The third-order valence-electron chi connectivity index (χ3n) is 6.96. The molecule has 2 aliphatic heterocycles. The number of nitrogens with one attached hydrogen (secondary N) is 2. The Kier molecular flexibility index (Phi) is 12.6. The van der Waals surface area contributed by atoms with E-state index in [1.807, 2.05) is 9.80 Å². The molecule has 2 N–H and O–H groups in total. The fourth-order valence-corrected chi connectivity index (χ4v) is 4.97. The number of halogens is 2. The van der Waals surface area contributed by atoms with Crippen LogP contribution >= 0.6 is 23.2 Å². The van der Waals surface area contributed by atoms with E-state index < -0.39 is 0 Å². The lowest BCUT2D eigenvalue weighted by Gasteiger charge is -2.17. The van der Waals surface area contributed by atoms with Gasteiger partial charge >= 0.3 is 0 Å². The van der Waals surface area contributed by atoms with Crippen LogP contribution < -0.4 is 10.6 Å². The molecule has 0 radical (unpaired) electrons. The second kappa shape index (κ2) is 15.9. The van der Waals surface area contributed by atoms with Crippen molar-refractivity contribution in [2.24, 2.45) is 0 Å². The predicted octanol–water partition coefficient (Wildman–Crippen LogP) is 5.36. The summed E-state index contributed by atoms with van der Waals surface area (Å²) < 4.78 is 0. The third-order valence-corrected chi connectivity index (χ3v) is 7.32. The van der Waals surface area contributed by atoms with Gasteiger partial charge in [-0.15, -0.1) is 0 Å². The largest absolute Gasteiger partial charge is 0.370 e. The van der Waals surface area contributed by atoms with Crippen molar-refractivity contribution in [2.75, 3.05) is 49.9 Å². The van der Waals surface area contributed by atoms with Gasteiger partial charge in [0.05, 0.1) is 0 Å². The van der Waals surface area contributed by atoms with E-state index in [-0.39, 0.29) is 22.4 Å². The van der Waals surface area contributed by atoms with Crippen LogP contribution in [0.2, 0.25) is 10.6 Å². The van der Waals surface area contributed by atoms with Crippen LogP contribution in [-0.2, 0) is 9.59 Å². The molecule has 2 saturated heterocycles. The van der Waals surface area contributed by atoms with E-state index in [2.05, 4.69) is 58.3 Å². The number of aromatic nitrogens is 4. The Morgan fingerprint density at radius 3 is 1.48 bits per heavy atom. The molecule has 2 aliphatic rings. The lowest BCUT2D eigenvalue weighted by atomic mass is 10.1. The molecule has 0 atom stereocenters. The SMILES string of the molecule is CC(C)c1cnc(Cl)nc1NCCCN1CCCC1=O.CC(C)c1cnc(Cl)nc1NCCCN1CCCC1=O.